The van der Waals surface area contributed by atoms with Gasteiger partial charge in [0.1, 0.15) is 0 Å². The summed E-state index contributed by atoms with van der Waals surface area (Å²) in [6.07, 6.45) is 6.03. The van der Waals surface area contributed by atoms with Crippen molar-refractivity contribution in [2.24, 2.45) is 5.41 Å². The van der Waals surface area contributed by atoms with E-state index in [9.17, 15) is 9.59 Å². The average Bonchev–Trinajstić information content (AvgIpc) is 2.64. The summed E-state index contributed by atoms with van der Waals surface area (Å²) in [6, 6.07) is 7.73. The minimum Gasteiger partial charge on any atom is -0.422 e. The van der Waals surface area contributed by atoms with Gasteiger partial charge in [0.2, 0.25) is 0 Å². The summed E-state index contributed by atoms with van der Waals surface area (Å²) in [6.45, 7) is 9.66. The Hall–Kier alpha value is -2.14. The van der Waals surface area contributed by atoms with Gasteiger partial charge in [-0.15, -0.1) is 0 Å². The smallest absolute Gasteiger partial charge is 0.327 e. The Balaban J connectivity index is 1.83. The molecule has 0 aromatic heterocycles. The summed E-state index contributed by atoms with van der Waals surface area (Å²) in [5, 5.41) is 0. The molecule has 0 aliphatic carbocycles. The summed E-state index contributed by atoms with van der Waals surface area (Å²) < 4.78 is 11.0. The van der Waals surface area contributed by atoms with Crippen LogP contribution in [0.4, 0.5) is 0 Å². The molecule has 2 saturated heterocycles. The van der Waals surface area contributed by atoms with Crippen LogP contribution in [-0.4, -0.2) is 42.3 Å². The highest BCUT2D eigenvalue weighted by Gasteiger charge is 2.55. The topological polar surface area (TPSA) is 55.8 Å². The maximum atomic E-state index is 13.0. The molecule has 0 unspecified atom stereocenters. The third-order valence-electron chi connectivity index (χ3n) is 5.48. The number of benzene rings is 1. The molecule has 0 bridgehead atoms. The lowest BCUT2D eigenvalue weighted by Crippen LogP contribution is -2.56. The first-order valence-corrected chi connectivity index (χ1v) is 9.75. The van der Waals surface area contributed by atoms with Crippen LogP contribution in [0, 0.1) is 5.41 Å². The summed E-state index contributed by atoms with van der Waals surface area (Å²) >= 11 is 0. The van der Waals surface area contributed by atoms with E-state index < -0.39 is 23.1 Å². The van der Waals surface area contributed by atoms with Gasteiger partial charge in [0.05, 0.1) is 0 Å². The first-order valence-electron chi connectivity index (χ1n) is 9.75. The lowest BCUT2D eigenvalue weighted by molar-refractivity contribution is -0.251. The van der Waals surface area contributed by atoms with Gasteiger partial charge in [-0.3, -0.25) is 9.59 Å². The van der Waals surface area contributed by atoms with Gasteiger partial charge in [0.25, 0.3) is 5.79 Å². The highest BCUT2D eigenvalue weighted by molar-refractivity contribution is 6.02. The van der Waals surface area contributed by atoms with Crippen LogP contribution >= 0.6 is 0 Å². The lowest BCUT2D eigenvalue weighted by atomic mass is 9.77. The number of cyclic esters (lactones) is 2. The van der Waals surface area contributed by atoms with Gasteiger partial charge in [-0.1, -0.05) is 43.3 Å². The van der Waals surface area contributed by atoms with Crippen molar-refractivity contribution in [2.45, 2.75) is 51.7 Å². The predicted octanol–water partition coefficient (Wildman–Crippen LogP) is 3.57. The van der Waals surface area contributed by atoms with E-state index >= 15 is 0 Å². The van der Waals surface area contributed by atoms with Crippen LogP contribution in [0.2, 0.25) is 0 Å². The first-order chi connectivity index (χ1) is 12.8. The van der Waals surface area contributed by atoms with E-state index in [0.717, 1.165) is 37.1 Å². The molecule has 27 heavy (non-hydrogen) atoms. The van der Waals surface area contributed by atoms with Crippen molar-refractivity contribution >= 4 is 18.0 Å². The molecule has 146 valence electrons. The monoisotopic (exact) mass is 371 g/mol. The Morgan fingerprint density at radius 1 is 1.04 bits per heavy atom. The zero-order valence-electron chi connectivity index (χ0n) is 16.3. The summed E-state index contributed by atoms with van der Waals surface area (Å²) in [7, 11) is 0. The Bertz CT molecular complexity index is 682. The maximum absolute atomic E-state index is 13.0. The van der Waals surface area contributed by atoms with Gasteiger partial charge < -0.3 is 14.4 Å². The number of likely N-dealkylation sites (tertiary alicyclic amines) is 1. The number of hydrogen-bond acceptors (Lipinski definition) is 5. The number of carbonyl (C=O) groups excluding carboxylic acids is 2. The second-order valence-electron chi connectivity index (χ2n) is 8.04. The normalized spacial score (nSPS) is 22.0. The number of nitrogens with zero attached hydrogens (tertiary/aromatic N) is 1. The standard InChI is InChI=1S/C22H29NO4/c1-4-17-8-10-18(11-9-17)16-22(12-15-23-13-6-5-7-14-23)19(24)26-21(2,3)27-20(22)25/h4,8-11H,1,5-7,12-16H2,2-3H3. The van der Waals surface area contributed by atoms with Crippen LogP contribution in [0.5, 0.6) is 0 Å². The number of rotatable bonds is 6. The molecule has 2 aliphatic rings. The fourth-order valence-electron chi connectivity index (χ4n) is 3.83. The van der Waals surface area contributed by atoms with Crippen LogP contribution in [0.15, 0.2) is 30.8 Å². The molecule has 2 aliphatic heterocycles. The van der Waals surface area contributed by atoms with Gasteiger partial charge >= 0.3 is 11.9 Å². The zero-order valence-corrected chi connectivity index (χ0v) is 16.3. The van der Waals surface area contributed by atoms with E-state index in [1.54, 1.807) is 19.9 Å². The number of esters is 2. The quantitative estimate of drug-likeness (QED) is 0.565. The van der Waals surface area contributed by atoms with Crippen molar-refractivity contribution in [1.82, 2.24) is 4.90 Å². The Kier molecular flexibility index (Phi) is 5.70. The lowest BCUT2D eigenvalue weighted by Gasteiger charge is -2.41. The van der Waals surface area contributed by atoms with E-state index in [4.69, 9.17) is 9.47 Å². The molecule has 3 rings (SSSR count). The van der Waals surface area contributed by atoms with Crippen LogP contribution in [0.1, 0.15) is 50.7 Å². The number of hydrogen-bond donors (Lipinski definition) is 0. The van der Waals surface area contributed by atoms with Crippen LogP contribution in [0.3, 0.4) is 0 Å². The molecular formula is C22H29NO4. The van der Waals surface area contributed by atoms with Gasteiger partial charge in [-0.2, -0.15) is 0 Å². The van der Waals surface area contributed by atoms with Crippen LogP contribution in [-0.2, 0) is 25.5 Å². The Morgan fingerprint density at radius 3 is 2.19 bits per heavy atom. The molecule has 0 radical (unpaired) electrons. The van der Waals surface area contributed by atoms with Crippen molar-refractivity contribution in [3.8, 4) is 0 Å². The summed E-state index contributed by atoms with van der Waals surface area (Å²) in [5.74, 6) is -2.17. The molecule has 0 amide bonds. The highest BCUT2D eigenvalue weighted by atomic mass is 16.7. The number of carbonyl (C=O) groups is 2. The second-order valence-corrected chi connectivity index (χ2v) is 8.04. The van der Waals surface area contributed by atoms with Crippen LogP contribution < -0.4 is 0 Å². The van der Waals surface area contributed by atoms with E-state index in [0.29, 0.717) is 13.0 Å². The SMILES string of the molecule is C=Cc1ccc(CC2(CCN3CCCCC3)C(=O)OC(C)(C)OC2=O)cc1. The first kappa shape index (κ1) is 19.6. The summed E-state index contributed by atoms with van der Waals surface area (Å²) in [5.41, 5.74) is 0.617. The number of piperidine rings is 1. The average molecular weight is 371 g/mol. The van der Waals surface area contributed by atoms with Gasteiger partial charge in [-0.05, 0) is 56.4 Å². The van der Waals surface area contributed by atoms with Crippen molar-refractivity contribution in [3.05, 3.63) is 42.0 Å². The van der Waals surface area contributed by atoms with Gasteiger partial charge in [0.15, 0.2) is 5.41 Å². The highest BCUT2D eigenvalue weighted by Crippen LogP contribution is 2.38. The van der Waals surface area contributed by atoms with Gasteiger partial charge in [0, 0.05) is 13.8 Å². The van der Waals surface area contributed by atoms with Crippen molar-refractivity contribution < 1.29 is 19.1 Å². The molecule has 0 spiro atoms. The molecule has 2 heterocycles. The van der Waals surface area contributed by atoms with Gasteiger partial charge in [-0.25, -0.2) is 0 Å². The molecule has 0 atom stereocenters. The summed E-state index contributed by atoms with van der Waals surface area (Å²) in [4.78, 5) is 28.3. The largest absolute Gasteiger partial charge is 0.422 e. The second kappa shape index (κ2) is 7.85. The molecule has 5 heteroatoms. The van der Waals surface area contributed by atoms with Crippen molar-refractivity contribution in [3.63, 3.8) is 0 Å². The minimum atomic E-state index is -1.29. The minimum absolute atomic E-state index is 0.284. The Labute approximate surface area is 161 Å². The van der Waals surface area contributed by atoms with Crippen LogP contribution in [0.25, 0.3) is 6.08 Å². The fraction of sp³-hybridized carbons (Fsp3) is 0.545. The van der Waals surface area contributed by atoms with Crippen molar-refractivity contribution in [1.29, 1.82) is 0 Å². The maximum Gasteiger partial charge on any atom is 0.327 e. The molecule has 1 aromatic carbocycles. The Morgan fingerprint density at radius 2 is 1.63 bits per heavy atom. The third kappa shape index (κ3) is 4.41. The van der Waals surface area contributed by atoms with E-state index in [-0.39, 0.29) is 6.42 Å². The molecular weight excluding hydrogens is 342 g/mol. The molecule has 2 fully saturated rings. The molecule has 0 N–H and O–H groups in total. The number of ether oxygens (including phenoxy) is 2. The fourth-order valence-corrected chi connectivity index (χ4v) is 3.83. The zero-order chi connectivity index (χ0) is 19.5. The predicted molar refractivity (Wildman–Crippen MR) is 104 cm³/mol. The molecule has 5 nitrogen and oxygen atoms in total. The third-order valence-corrected chi connectivity index (χ3v) is 5.48. The van der Waals surface area contributed by atoms with E-state index in [1.807, 2.05) is 24.3 Å². The molecule has 1 aromatic rings. The van der Waals surface area contributed by atoms with E-state index in [2.05, 4.69) is 11.5 Å². The van der Waals surface area contributed by atoms with Crippen molar-refractivity contribution in [2.75, 3.05) is 19.6 Å². The van der Waals surface area contributed by atoms with E-state index in [1.165, 1.54) is 6.42 Å². The molecule has 0 saturated carbocycles.